The summed E-state index contributed by atoms with van der Waals surface area (Å²) in [4.78, 5) is 0. The number of hydrogen-bond donors (Lipinski definition) is 0. The summed E-state index contributed by atoms with van der Waals surface area (Å²) in [6.07, 6.45) is 0. The summed E-state index contributed by atoms with van der Waals surface area (Å²) in [5.41, 5.74) is 0. The molecule has 0 radical (unpaired) electrons. The standard InChI is InChI=1S/CH3OPS/c1-4-3-2/h3H,1H2. The minimum atomic E-state index is -0.304. The Hall–Kier alpha value is 0.190. The molecule has 0 aliphatic carbocycles. The van der Waals surface area contributed by atoms with Gasteiger partial charge in [-0.15, -0.1) is 10.5 Å². The molecule has 0 N–H and O–H groups in total. The number of rotatable bonds is 0. The molecule has 1 atom stereocenters. The molecule has 0 bridgehead atoms. The highest BCUT2D eigenvalue weighted by atomic mass is 32.4. The van der Waals surface area contributed by atoms with Crippen LogP contribution < -0.4 is 0 Å². The molecule has 1 nitrogen and oxygen atoms in total. The quantitative estimate of drug-likeness (QED) is 0.314. The van der Waals surface area contributed by atoms with Crippen molar-refractivity contribution in [1.82, 2.24) is 0 Å². The Kier molecular flexibility index (Phi) is 3.34. The molecular formula is CH3OPS. The third-order valence-electron chi connectivity index (χ3n) is 0.0589. The van der Waals surface area contributed by atoms with Crippen LogP contribution >= 0.6 is 7.24 Å². The molecule has 0 aromatic rings. The van der Waals surface area contributed by atoms with E-state index in [0.717, 1.165) is 10.5 Å². The lowest BCUT2D eigenvalue weighted by Gasteiger charge is -1.18. The van der Waals surface area contributed by atoms with Crippen LogP contribution in [-0.2, 0) is 15.1 Å². The number of hydrogen-bond acceptors (Lipinski definition) is 1. The molecule has 0 spiro atoms. The van der Waals surface area contributed by atoms with Crippen LogP contribution in [0, 0.1) is 0 Å². The molecule has 0 aliphatic heterocycles. The van der Waals surface area contributed by atoms with E-state index in [1.165, 1.54) is 0 Å². The molecule has 0 aromatic heterocycles. The molecule has 4 heavy (non-hydrogen) atoms. The van der Waals surface area contributed by atoms with Crippen molar-refractivity contribution in [2.24, 2.45) is 0 Å². The molecule has 1 unspecified atom stereocenters. The highest BCUT2D eigenvalue weighted by Gasteiger charge is 1.13. The van der Waals surface area contributed by atoms with Crippen LogP contribution in [0.1, 0.15) is 0 Å². The lowest BCUT2D eigenvalue weighted by Crippen LogP contribution is -1.03. The van der Waals surface area contributed by atoms with Gasteiger partial charge >= 0.3 is 0 Å². The van der Waals surface area contributed by atoms with Crippen LogP contribution in [0.5, 0.6) is 0 Å². The van der Waals surface area contributed by atoms with Crippen LogP contribution in [0.2, 0.25) is 0 Å². The first kappa shape index (κ1) is 4.19. The Balaban J connectivity index is 3.95. The van der Waals surface area contributed by atoms with E-state index in [0.29, 0.717) is 0 Å². The predicted molar refractivity (Wildman–Crippen MR) is 23.5 cm³/mol. The lowest BCUT2D eigenvalue weighted by molar-refractivity contribution is 0.606. The third kappa shape index (κ3) is 2.19. The Morgan fingerprint density at radius 2 is 2.25 bits per heavy atom. The van der Waals surface area contributed by atoms with Crippen molar-refractivity contribution in [2.45, 2.75) is 0 Å². The van der Waals surface area contributed by atoms with Gasteiger partial charge in [0, 0.05) is 0 Å². The summed E-state index contributed by atoms with van der Waals surface area (Å²) in [6, 6.07) is 0. The van der Waals surface area contributed by atoms with E-state index in [2.05, 4.69) is 5.87 Å². The van der Waals surface area contributed by atoms with Crippen molar-refractivity contribution in [1.29, 1.82) is 0 Å². The van der Waals surface area contributed by atoms with Crippen molar-refractivity contribution < 1.29 is 4.57 Å². The topological polar surface area (TPSA) is 17.1 Å². The average molecular weight is 94.1 g/mol. The predicted octanol–water partition coefficient (Wildman–Crippen LogP) is 0.440. The molecule has 0 rings (SSSR count). The zero-order valence-electron chi connectivity index (χ0n) is 2.02. The Bertz CT molecular complexity index is 58.1. The first-order valence-electron chi connectivity index (χ1n) is 0.697. The van der Waals surface area contributed by atoms with E-state index in [4.69, 9.17) is 0 Å². The second kappa shape index (κ2) is 3.19. The van der Waals surface area contributed by atoms with Gasteiger partial charge in [0.1, 0.15) is 7.24 Å². The monoisotopic (exact) mass is 94.0 g/mol. The summed E-state index contributed by atoms with van der Waals surface area (Å²) in [5, 5.41) is 0. The maximum Gasteiger partial charge on any atom is 0.139 e. The second-order valence-corrected chi connectivity index (χ2v) is 2.05. The van der Waals surface area contributed by atoms with Gasteiger partial charge in [0.15, 0.2) is 0 Å². The molecule has 0 saturated heterocycles. The van der Waals surface area contributed by atoms with Gasteiger partial charge < -0.3 is 0 Å². The van der Waals surface area contributed by atoms with Gasteiger partial charge in [0.05, 0.1) is 0 Å². The molecule has 24 valence electrons. The first-order valence-corrected chi connectivity index (χ1v) is 3.32. The van der Waals surface area contributed by atoms with Crippen LogP contribution in [0.4, 0.5) is 0 Å². The van der Waals surface area contributed by atoms with Gasteiger partial charge in [-0.05, 0) is 5.87 Å². The summed E-state index contributed by atoms with van der Waals surface area (Å²) >= 11 is 0. The summed E-state index contributed by atoms with van der Waals surface area (Å²) in [5.74, 6) is 3.22. The van der Waals surface area contributed by atoms with Crippen molar-refractivity contribution >= 4 is 23.6 Å². The molecule has 0 fully saturated rings. The van der Waals surface area contributed by atoms with Gasteiger partial charge in [-0.25, -0.2) is 0 Å². The van der Waals surface area contributed by atoms with Gasteiger partial charge in [0.2, 0.25) is 0 Å². The fourth-order valence-corrected chi connectivity index (χ4v) is 0. The molecular weight excluding hydrogens is 91.1 g/mol. The van der Waals surface area contributed by atoms with Crippen molar-refractivity contribution in [3.63, 3.8) is 0 Å². The highest BCUT2D eigenvalue weighted by Crippen LogP contribution is 1.55. The third-order valence-corrected chi connectivity index (χ3v) is 0.530. The van der Waals surface area contributed by atoms with E-state index in [1.54, 1.807) is 0 Å². The van der Waals surface area contributed by atoms with Crippen molar-refractivity contribution in [3.8, 4) is 0 Å². The maximum atomic E-state index is 9.23. The Morgan fingerprint density at radius 3 is 2.25 bits per heavy atom. The van der Waals surface area contributed by atoms with Gasteiger partial charge in [-0.1, -0.05) is 0 Å². The second-order valence-electron chi connectivity index (χ2n) is 0.228. The van der Waals surface area contributed by atoms with Crippen LogP contribution in [0.3, 0.4) is 0 Å². The van der Waals surface area contributed by atoms with Crippen LogP contribution in [0.15, 0.2) is 0 Å². The first-order chi connectivity index (χ1) is 1.91. The highest BCUT2D eigenvalue weighted by molar-refractivity contribution is 8.02. The molecule has 0 heterocycles. The molecule has 0 saturated carbocycles. The lowest BCUT2D eigenvalue weighted by atomic mass is 12.0. The molecule has 0 aliphatic rings. The zero-order valence-corrected chi connectivity index (χ0v) is 3.84. The van der Waals surface area contributed by atoms with Crippen LogP contribution in [-0.4, -0.2) is 5.87 Å². The molecule has 3 heteroatoms. The van der Waals surface area contributed by atoms with Crippen LogP contribution in [0.25, 0.3) is 0 Å². The van der Waals surface area contributed by atoms with E-state index >= 15 is 0 Å². The van der Waals surface area contributed by atoms with Gasteiger partial charge in [0.25, 0.3) is 0 Å². The minimum absolute atomic E-state index is 0.304. The van der Waals surface area contributed by atoms with E-state index in [1.807, 2.05) is 0 Å². The van der Waals surface area contributed by atoms with Gasteiger partial charge in [-0.3, -0.25) is 4.57 Å². The van der Waals surface area contributed by atoms with Crippen molar-refractivity contribution in [2.75, 3.05) is 0 Å². The smallest absolute Gasteiger partial charge is 0.139 e. The van der Waals surface area contributed by atoms with E-state index < -0.39 is 0 Å². The van der Waals surface area contributed by atoms with E-state index in [-0.39, 0.29) is 7.24 Å². The molecule has 0 amide bonds. The van der Waals surface area contributed by atoms with Crippen molar-refractivity contribution in [3.05, 3.63) is 0 Å². The summed E-state index contributed by atoms with van der Waals surface area (Å²) in [6.45, 7) is 0. The fourth-order valence-electron chi connectivity index (χ4n) is 0. The Labute approximate surface area is 29.1 Å². The van der Waals surface area contributed by atoms with E-state index in [9.17, 15) is 4.57 Å². The SMILES string of the molecule is C=S=[PH]=O. The van der Waals surface area contributed by atoms with Gasteiger partial charge in [-0.2, -0.15) is 0 Å². The summed E-state index contributed by atoms with van der Waals surface area (Å²) < 4.78 is 9.23. The Morgan fingerprint density at radius 1 is 2.00 bits per heavy atom. The normalized spacial score (nSPS) is 7.00. The minimum Gasteiger partial charge on any atom is -0.275 e. The zero-order chi connectivity index (χ0) is 3.41. The fraction of sp³-hybridized carbons (Fsp3) is 0. The summed E-state index contributed by atoms with van der Waals surface area (Å²) in [7, 11) is 0.775. The largest absolute Gasteiger partial charge is 0.275 e. The molecule has 0 aromatic carbocycles. The maximum absolute atomic E-state index is 9.23. The average Bonchev–Trinajstić information content (AvgIpc) is 1.37.